The first-order chi connectivity index (χ1) is 13.7. The van der Waals surface area contributed by atoms with Gasteiger partial charge in [0.1, 0.15) is 5.69 Å². The Hall–Kier alpha value is -2.63. The minimum Gasteiger partial charge on any atom is -0.353 e. The number of benzene rings is 1. The molecule has 1 saturated carbocycles. The Labute approximate surface area is 165 Å². The van der Waals surface area contributed by atoms with E-state index in [1.165, 1.54) is 19.3 Å². The van der Waals surface area contributed by atoms with Gasteiger partial charge in [-0.05, 0) is 31.7 Å². The third-order valence-electron chi connectivity index (χ3n) is 5.98. The van der Waals surface area contributed by atoms with E-state index in [0.717, 1.165) is 36.9 Å². The highest BCUT2D eigenvalue weighted by Crippen LogP contribution is 2.24. The third kappa shape index (κ3) is 4.26. The van der Waals surface area contributed by atoms with E-state index in [0.29, 0.717) is 18.8 Å². The minimum absolute atomic E-state index is 0.0215. The molecule has 1 saturated heterocycles. The Morgan fingerprint density at radius 1 is 1.00 bits per heavy atom. The Balaban J connectivity index is 1.29. The molecule has 1 aromatic heterocycles. The molecular formula is C22H28N4O2. The average molecular weight is 380 g/mol. The lowest BCUT2D eigenvalue weighted by atomic mass is 9.88. The molecule has 0 unspecified atom stereocenters. The number of nitrogens with one attached hydrogen (secondary N) is 2. The maximum Gasteiger partial charge on any atom is 0.271 e. The van der Waals surface area contributed by atoms with Crippen LogP contribution in [0, 0.1) is 5.92 Å². The van der Waals surface area contributed by atoms with E-state index in [9.17, 15) is 9.59 Å². The molecule has 6 heteroatoms. The number of amides is 2. The van der Waals surface area contributed by atoms with Crippen molar-refractivity contribution >= 4 is 11.8 Å². The van der Waals surface area contributed by atoms with E-state index in [-0.39, 0.29) is 23.8 Å². The van der Waals surface area contributed by atoms with Gasteiger partial charge in [0.2, 0.25) is 5.91 Å². The van der Waals surface area contributed by atoms with Gasteiger partial charge in [-0.1, -0.05) is 49.6 Å². The molecule has 2 aromatic rings. The van der Waals surface area contributed by atoms with Crippen molar-refractivity contribution in [2.75, 3.05) is 13.1 Å². The van der Waals surface area contributed by atoms with Crippen LogP contribution in [0.15, 0.2) is 36.4 Å². The monoisotopic (exact) mass is 380 g/mol. The van der Waals surface area contributed by atoms with Gasteiger partial charge in [0.05, 0.1) is 5.69 Å². The van der Waals surface area contributed by atoms with Crippen LogP contribution in [0.1, 0.15) is 55.4 Å². The lowest BCUT2D eigenvalue weighted by Gasteiger charge is -2.33. The van der Waals surface area contributed by atoms with Gasteiger partial charge in [0.15, 0.2) is 0 Å². The zero-order valence-corrected chi connectivity index (χ0v) is 16.2. The zero-order valence-electron chi connectivity index (χ0n) is 16.2. The number of H-pyrrole nitrogens is 1. The molecule has 1 aromatic carbocycles. The van der Waals surface area contributed by atoms with Gasteiger partial charge in [0, 0.05) is 30.6 Å². The van der Waals surface area contributed by atoms with Crippen molar-refractivity contribution in [2.24, 2.45) is 5.92 Å². The highest BCUT2D eigenvalue weighted by molar-refractivity contribution is 5.93. The van der Waals surface area contributed by atoms with Gasteiger partial charge in [-0.3, -0.25) is 14.7 Å². The lowest BCUT2D eigenvalue weighted by Crippen LogP contribution is -2.48. The number of hydrogen-bond acceptors (Lipinski definition) is 3. The fraction of sp³-hybridized carbons (Fsp3) is 0.500. The summed E-state index contributed by atoms with van der Waals surface area (Å²) >= 11 is 0. The fourth-order valence-electron chi connectivity index (χ4n) is 4.27. The molecule has 0 radical (unpaired) electrons. The summed E-state index contributed by atoms with van der Waals surface area (Å²) in [5, 5.41) is 10.4. The summed E-state index contributed by atoms with van der Waals surface area (Å²) in [5.41, 5.74) is 2.28. The molecule has 28 heavy (non-hydrogen) atoms. The second kappa shape index (κ2) is 8.59. The van der Waals surface area contributed by atoms with Gasteiger partial charge < -0.3 is 10.2 Å². The summed E-state index contributed by atoms with van der Waals surface area (Å²) in [4.78, 5) is 27.1. The van der Waals surface area contributed by atoms with Crippen LogP contribution >= 0.6 is 0 Å². The van der Waals surface area contributed by atoms with Crippen LogP contribution in [0.25, 0.3) is 11.3 Å². The van der Waals surface area contributed by atoms with Crippen LogP contribution in [-0.2, 0) is 4.79 Å². The van der Waals surface area contributed by atoms with Gasteiger partial charge in [-0.25, -0.2) is 0 Å². The molecule has 1 aliphatic carbocycles. The number of hydrogen-bond donors (Lipinski definition) is 2. The Morgan fingerprint density at radius 2 is 1.71 bits per heavy atom. The molecule has 0 bridgehead atoms. The highest BCUT2D eigenvalue weighted by Gasteiger charge is 2.28. The normalized spacial score (nSPS) is 18.8. The fourth-order valence-corrected chi connectivity index (χ4v) is 4.27. The number of carbonyl (C=O) groups is 2. The summed E-state index contributed by atoms with van der Waals surface area (Å²) in [6.07, 6.45) is 7.25. The minimum atomic E-state index is -0.0215. The number of nitrogens with zero attached hydrogens (tertiary/aromatic N) is 2. The van der Waals surface area contributed by atoms with Crippen molar-refractivity contribution in [1.29, 1.82) is 0 Å². The molecule has 0 spiro atoms. The topological polar surface area (TPSA) is 78.1 Å². The SMILES string of the molecule is O=C(NC1CCN(C(=O)c2cc(-c3ccccc3)n[nH]2)CC1)C1CCCCC1. The first kappa shape index (κ1) is 18.7. The first-order valence-corrected chi connectivity index (χ1v) is 10.4. The predicted octanol–water partition coefficient (Wildman–Crippen LogP) is 3.38. The van der Waals surface area contributed by atoms with Crippen molar-refractivity contribution in [1.82, 2.24) is 20.4 Å². The number of carbonyl (C=O) groups excluding carboxylic acids is 2. The second-order valence-corrected chi connectivity index (χ2v) is 7.94. The van der Waals surface area contributed by atoms with Crippen molar-refractivity contribution in [3.05, 3.63) is 42.1 Å². The number of aromatic amines is 1. The van der Waals surface area contributed by atoms with Crippen LogP contribution in [-0.4, -0.2) is 46.0 Å². The van der Waals surface area contributed by atoms with Crippen LogP contribution in [0.4, 0.5) is 0 Å². The number of rotatable bonds is 4. The van der Waals surface area contributed by atoms with Gasteiger partial charge in [-0.2, -0.15) is 5.10 Å². The summed E-state index contributed by atoms with van der Waals surface area (Å²) in [7, 11) is 0. The summed E-state index contributed by atoms with van der Waals surface area (Å²) in [6, 6.07) is 11.8. The largest absolute Gasteiger partial charge is 0.353 e. The molecule has 2 amide bonds. The van der Waals surface area contributed by atoms with E-state index in [1.54, 1.807) is 0 Å². The predicted molar refractivity (Wildman–Crippen MR) is 108 cm³/mol. The molecule has 1 aliphatic heterocycles. The van der Waals surface area contributed by atoms with Crippen molar-refractivity contribution in [3.8, 4) is 11.3 Å². The Morgan fingerprint density at radius 3 is 2.43 bits per heavy atom. The Kier molecular flexibility index (Phi) is 5.74. The van der Waals surface area contributed by atoms with Gasteiger partial charge in [0.25, 0.3) is 5.91 Å². The van der Waals surface area contributed by atoms with E-state index < -0.39 is 0 Å². The molecule has 4 rings (SSSR count). The van der Waals surface area contributed by atoms with E-state index in [1.807, 2.05) is 41.3 Å². The molecule has 6 nitrogen and oxygen atoms in total. The van der Waals surface area contributed by atoms with Gasteiger partial charge in [-0.15, -0.1) is 0 Å². The number of aromatic nitrogens is 2. The van der Waals surface area contributed by atoms with Crippen molar-refractivity contribution < 1.29 is 9.59 Å². The van der Waals surface area contributed by atoms with Gasteiger partial charge >= 0.3 is 0 Å². The maximum absolute atomic E-state index is 12.8. The van der Waals surface area contributed by atoms with Crippen LogP contribution < -0.4 is 5.32 Å². The molecule has 2 fully saturated rings. The molecule has 2 N–H and O–H groups in total. The quantitative estimate of drug-likeness (QED) is 0.854. The maximum atomic E-state index is 12.8. The van der Waals surface area contributed by atoms with Crippen molar-refractivity contribution in [3.63, 3.8) is 0 Å². The summed E-state index contributed by atoms with van der Waals surface area (Å²) in [6.45, 7) is 1.32. The second-order valence-electron chi connectivity index (χ2n) is 7.94. The van der Waals surface area contributed by atoms with Crippen LogP contribution in [0.2, 0.25) is 0 Å². The van der Waals surface area contributed by atoms with Crippen LogP contribution in [0.5, 0.6) is 0 Å². The molecule has 2 heterocycles. The molecule has 148 valence electrons. The van der Waals surface area contributed by atoms with E-state index in [2.05, 4.69) is 15.5 Å². The Bertz CT molecular complexity index is 803. The van der Waals surface area contributed by atoms with Crippen LogP contribution in [0.3, 0.4) is 0 Å². The van der Waals surface area contributed by atoms with E-state index in [4.69, 9.17) is 0 Å². The lowest BCUT2D eigenvalue weighted by molar-refractivity contribution is -0.126. The smallest absolute Gasteiger partial charge is 0.271 e. The average Bonchev–Trinajstić information content (AvgIpc) is 3.25. The summed E-state index contributed by atoms with van der Waals surface area (Å²) in [5.74, 6) is 0.382. The third-order valence-corrected chi connectivity index (χ3v) is 5.98. The standard InChI is InChI=1S/C22H28N4O2/c27-21(17-9-5-2-6-10-17)23-18-11-13-26(14-12-18)22(28)20-15-19(24-25-20)16-7-3-1-4-8-16/h1,3-4,7-8,15,17-18H,2,5-6,9-14H2,(H,23,27)(H,24,25). The number of likely N-dealkylation sites (tertiary alicyclic amines) is 1. The van der Waals surface area contributed by atoms with Crippen molar-refractivity contribution in [2.45, 2.75) is 51.0 Å². The molecule has 2 aliphatic rings. The van der Waals surface area contributed by atoms with E-state index >= 15 is 0 Å². The molecular weight excluding hydrogens is 352 g/mol. The number of piperidine rings is 1. The first-order valence-electron chi connectivity index (χ1n) is 10.4. The molecule has 0 atom stereocenters. The summed E-state index contributed by atoms with van der Waals surface area (Å²) < 4.78 is 0. The highest BCUT2D eigenvalue weighted by atomic mass is 16.2. The zero-order chi connectivity index (χ0) is 19.3.